The zero-order valence-corrected chi connectivity index (χ0v) is 11.5. The predicted octanol–water partition coefficient (Wildman–Crippen LogP) is 1.99. The summed E-state index contributed by atoms with van der Waals surface area (Å²) in [6.07, 6.45) is 0.946. The highest BCUT2D eigenvalue weighted by atomic mass is 16.6. The Hall–Kier alpha value is -1.46. The number of amides is 2. The van der Waals surface area contributed by atoms with Gasteiger partial charge in [-0.3, -0.25) is 0 Å². The molecular formula is C12H24N2O4. The van der Waals surface area contributed by atoms with Gasteiger partial charge in [0.1, 0.15) is 0 Å². The molecule has 0 spiro atoms. The molecule has 0 bridgehead atoms. The first-order chi connectivity index (χ1) is 8.65. The average Bonchev–Trinajstić information content (AvgIpc) is 2.34. The summed E-state index contributed by atoms with van der Waals surface area (Å²) >= 11 is 0. The van der Waals surface area contributed by atoms with Crippen molar-refractivity contribution >= 4 is 12.2 Å². The molecule has 0 unspecified atom stereocenters. The molecule has 0 fully saturated rings. The summed E-state index contributed by atoms with van der Waals surface area (Å²) < 4.78 is 9.65. The van der Waals surface area contributed by atoms with Crippen molar-refractivity contribution in [3.05, 3.63) is 0 Å². The lowest BCUT2D eigenvalue weighted by atomic mass is 10.3. The normalized spacial score (nSPS) is 9.72. The Morgan fingerprint density at radius 2 is 1.72 bits per heavy atom. The van der Waals surface area contributed by atoms with Crippen LogP contribution >= 0.6 is 0 Å². The standard InChI is InChI=1S/C12H24N2O4/c1-4-14(12(16)18-6-3)10-8-7-9-13-11(15)17-5-2/h4-10H2,1-3H3,(H,13,15). The van der Waals surface area contributed by atoms with Crippen molar-refractivity contribution in [1.82, 2.24) is 10.2 Å². The number of ether oxygens (including phenoxy) is 2. The number of nitrogens with zero attached hydrogens (tertiary/aromatic N) is 1. The van der Waals surface area contributed by atoms with Gasteiger partial charge in [-0.15, -0.1) is 0 Å². The van der Waals surface area contributed by atoms with Gasteiger partial charge in [-0.1, -0.05) is 0 Å². The Bertz CT molecular complexity index is 246. The number of rotatable bonds is 8. The van der Waals surface area contributed by atoms with Crippen molar-refractivity contribution in [1.29, 1.82) is 0 Å². The minimum atomic E-state index is -0.393. The second-order valence-electron chi connectivity index (χ2n) is 3.63. The number of carbonyl (C=O) groups is 2. The topological polar surface area (TPSA) is 67.9 Å². The van der Waals surface area contributed by atoms with Crippen LogP contribution in [0.2, 0.25) is 0 Å². The molecule has 0 atom stereocenters. The van der Waals surface area contributed by atoms with Gasteiger partial charge in [-0.05, 0) is 33.6 Å². The number of alkyl carbamates (subject to hydrolysis) is 1. The van der Waals surface area contributed by atoms with E-state index < -0.39 is 6.09 Å². The van der Waals surface area contributed by atoms with E-state index in [2.05, 4.69) is 5.32 Å². The second kappa shape index (κ2) is 10.7. The highest BCUT2D eigenvalue weighted by molar-refractivity contribution is 5.67. The van der Waals surface area contributed by atoms with Crippen molar-refractivity contribution in [3.63, 3.8) is 0 Å². The summed E-state index contributed by atoms with van der Waals surface area (Å²) in [5, 5.41) is 2.63. The van der Waals surface area contributed by atoms with E-state index in [1.54, 1.807) is 18.7 Å². The predicted molar refractivity (Wildman–Crippen MR) is 68.5 cm³/mol. The first-order valence-electron chi connectivity index (χ1n) is 6.47. The molecule has 0 saturated heterocycles. The first-order valence-corrected chi connectivity index (χ1v) is 6.47. The molecule has 106 valence electrons. The molecule has 0 aromatic heterocycles. The summed E-state index contributed by atoms with van der Waals surface area (Å²) in [6.45, 7) is 8.04. The third-order valence-corrected chi connectivity index (χ3v) is 2.31. The van der Waals surface area contributed by atoms with Gasteiger partial charge in [-0.2, -0.15) is 0 Å². The molecule has 0 radical (unpaired) electrons. The van der Waals surface area contributed by atoms with Gasteiger partial charge < -0.3 is 19.7 Å². The summed E-state index contributed by atoms with van der Waals surface area (Å²) in [7, 11) is 0. The maximum Gasteiger partial charge on any atom is 0.409 e. The van der Waals surface area contributed by atoms with Crippen LogP contribution in [0.3, 0.4) is 0 Å². The molecule has 1 N–H and O–H groups in total. The zero-order chi connectivity index (χ0) is 13.8. The van der Waals surface area contributed by atoms with Crippen LogP contribution < -0.4 is 5.32 Å². The quantitative estimate of drug-likeness (QED) is 0.678. The Kier molecular flexibility index (Phi) is 9.81. The molecule has 6 heteroatoms. The molecule has 0 aliphatic rings. The fourth-order valence-corrected chi connectivity index (χ4v) is 1.39. The molecule has 0 heterocycles. The fourth-order valence-electron chi connectivity index (χ4n) is 1.39. The van der Waals surface area contributed by atoms with Gasteiger partial charge >= 0.3 is 12.2 Å². The zero-order valence-electron chi connectivity index (χ0n) is 11.5. The summed E-state index contributed by atoms with van der Waals surface area (Å²) in [5.41, 5.74) is 0. The molecular weight excluding hydrogens is 236 g/mol. The van der Waals surface area contributed by atoms with E-state index in [1.807, 2.05) is 6.92 Å². The number of hydrogen-bond acceptors (Lipinski definition) is 4. The van der Waals surface area contributed by atoms with Gasteiger partial charge in [0.2, 0.25) is 0 Å². The van der Waals surface area contributed by atoms with E-state index >= 15 is 0 Å². The third-order valence-electron chi connectivity index (χ3n) is 2.31. The van der Waals surface area contributed by atoms with E-state index in [0.29, 0.717) is 32.8 Å². The van der Waals surface area contributed by atoms with Gasteiger partial charge in [-0.25, -0.2) is 9.59 Å². The average molecular weight is 260 g/mol. The van der Waals surface area contributed by atoms with Crippen molar-refractivity contribution in [3.8, 4) is 0 Å². The van der Waals surface area contributed by atoms with Gasteiger partial charge in [0.25, 0.3) is 0 Å². The third kappa shape index (κ3) is 7.76. The molecule has 6 nitrogen and oxygen atoms in total. The summed E-state index contributed by atoms with van der Waals surface area (Å²) in [6, 6.07) is 0. The molecule has 18 heavy (non-hydrogen) atoms. The molecule has 0 saturated carbocycles. The monoisotopic (exact) mass is 260 g/mol. The van der Waals surface area contributed by atoms with Crippen LogP contribution in [-0.2, 0) is 9.47 Å². The molecule has 0 aromatic carbocycles. The second-order valence-corrected chi connectivity index (χ2v) is 3.63. The van der Waals surface area contributed by atoms with Crippen LogP contribution in [0.1, 0.15) is 33.6 Å². The Morgan fingerprint density at radius 1 is 1.06 bits per heavy atom. The maximum absolute atomic E-state index is 11.4. The van der Waals surface area contributed by atoms with Crippen LogP contribution in [0.15, 0.2) is 0 Å². The van der Waals surface area contributed by atoms with Gasteiger partial charge in [0, 0.05) is 19.6 Å². The molecule has 0 aliphatic heterocycles. The molecule has 0 aliphatic carbocycles. The van der Waals surface area contributed by atoms with Crippen molar-refractivity contribution < 1.29 is 19.1 Å². The van der Waals surface area contributed by atoms with Crippen molar-refractivity contribution in [2.75, 3.05) is 32.8 Å². The molecule has 0 aromatic rings. The SMILES string of the molecule is CCOC(=O)NCCCCN(CC)C(=O)OCC. The Labute approximate surface area is 109 Å². The Morgan fingerprint density at radius 3 is 2.28 bits per heavy atom. The van der Waals surface area contributed by atoms with Gasteiger partial charge in [0.05, 0.1) is 13.2 Å². The van der Waals surface area contributed by atoms with E-state index in [9.17, 15) is 9.59 Å². The van der Waals surface area contributed by atoms with Gasteiger partial charge in [0.15, 0.2) is 0 Å². The lowest BCUT2D eigenvalue weighted by molar-refractivity contribution is 0.108. The summed E-state index contributed by atoms with van der Waals surface area (Å²) in [5.74, 6) is 0. The first kappa shape index (κ1) is 16.5. The lowest BCUT2D eigenvalue weighted by Gasteiger charge is -2.19. The van der Waals surface area contributed by atoms with E-state index in [-0.39, 0.29) is 6.09 Å². The fraction of sp³-hybridized carbons (Fsp3) is 0.833. The van der Waals surface area contributed by atoms with Crippen LogP contribution in [-0.4, -0.2) is 49.9 Å². The Balaban J connectivity index is 3.62. The largest absolute Gasteiger partial charge is 0.450 e. The maximum atomic E-state index is 11.4. The molecule has 0 rings (SSSR count). The van der Waals surface area contributed by atoms with Crippen LogP contribution in [0, 0.1) is 0 Å². The van der Waals surface area contributed by atoms with Crippen molar-refractivity contribution in [2.24, 2.45) is 0 Å². The van der Waals surface area contributed by atoms with E-state index in [4.69, 9.17) is 9.47 Å². The van der Waals surface area contributed by atoms with Crippen LogP contribution in [0.4, 0.5) is 9.59 Å². The highest BCUT2D eigenvalue weighted by Crippen LogP contribution is 1.98. The van der Waals surface area contributed by atoms with Crippen molar-refractivity contribution in [2.45, 2.75) is 33.6 Å². The number of nitrogens with one attached hydrogen (secondary N) is 1. The molecule has 2 amide bonds. The highest BCUT2D eigenvalue weighted by Gasteiger charge is 2.11. The van der Waals surface area contributed by atoms with Crippen LogP contribution in [0.5, 0.6) is 0 Å². The van der Waals surface area contributed by atoms with E-state index in [1.165, 1.54) is 0 Å². The lowest BCUT2D eigenvalue weighted by Crippen LogP contribution is -2.33. The minimum absolute atomic E-state index is 0.279. The summed E-state index contributed by atoms with van der Waals surface area (Å²) in [4.78, 5) is 24.1. The number of carbonyl (C=O) groups excluding carboxylic acids is 2. The van der Waals surface area contributed by atoms with Crippen LogP contribution in [0.25, 0.3) is 0 Å². The minimum Gasteiger partial charge on any atom is -0.450 e. The number of unbranched alkanes of at least 4 members (excludes halogenated alkanes) is 1. The smallest absolute Gasteiger partial charge is 0.409 e. The number of hydrogen-bond donors (Lipinski definition) is 1. The van der Waals surface area contributed by atoms with E-state index in [0.717, 1.165) is 12.8 Å².